The van der Waals surface area contributed by atoms with Gasteiger partial charge in [-0.1, -0.05) is 32.4 Å². The van der Waals surface area contributed by atoms with Crippen LogP contribution in [0.2, 0.25) is 5.02 Å². The lowest BCUT2D eigenvalue weighted by Gasteiger charge is -2.20. The summed E-state index contributed by atoms with van der Waals surface area (Å²) in [6.45, 7) is 7.71. The fraction of sp³-hybridized carbons (Fsp3) is 0.455. The van der Waals surface area contributed by atoms with E-state index in [2.05, 4.69) is 0 Å². The van der Waals surface area contributed by atoms with Gasteiger partial charge in [-0.05, 0) is 35.6 Å². The van der Waals surface area contributed by atoms with Crippen LogP contribution in [-0.4, -0.2) is 0 Å². The van der Waals surface area contributed by atoms with Crippen LogP contribution in [0.25, 0.3) is 0 Å². The van der Waals surface area contributed by atoms with E-state index in [1.165, 1.54) is 6.07 Å². The Morgan fingerprint density at radius 1 is 1.23 bits per heavy atom. The smallest absolute Gasteiger partial charge is 0.127 e. The highest BCUT2D eigenvalue weighted by atomic mass is 35.5. The molecule has 0 N–H and O–H groups in total. The lowest BCUT2D eigenvalue weighted by Crippen LogP contribution is -2.13. The quantitative estimate of drug-likeness (QED) is 0.592. The molecule has 0 heterocycles. The van der Waals surface area contributed by atoms with Crippen LogP contribution in [0.15, 0.2) is 12.1 Å². The largest absolute Gasteiger partial charge is 0.207 e. The summed E-state index contributed by atoms with van der Waals surface area (Å²) in [6.07, 6.45) is 0. The Bertz CT molecular complexity index is 324. The molecule has 1 aromatic rings. The van der Waals surface area contributed by atoms with Gasteiger partial charge in [-0.15, -0.1) is 0 Å². The molecule has 72 valence electrons. The Labute approximate surface area is 83.7 Å². The zero-order valence-electron chi connectivity index (χ0n) is 8.41. The summed E-state index contributed by atoms with van der Waals surface area (Å²) in [4.78, 5) is 0. The monoisotopic (exact) mass is 200 g/mol. The van der Waals surface area contributed by atoms with Gasteiger partial charge in [0.1, 0.15) is 5.82 Å². The van der Waals surface area contributed by atoms with E-state index in [1.807, 2.05) is 20.8 Å². The highest BCUT2D eigenvalue weighted by Crippen LogP contribution is 2.29. The van der Waals surface area contributed by atoms with Gasteiger partial charge in [-0.25, -0.2) is 4.39 Å². The molecule has 0 aliphatic heterocycles. The van der Waals surface area contributed by atoms with Crippen LogP contribution in [0.1, 0.15) is 31.9 Å². The van der Waals surface area contributed by atoms with Crippen LogP contribution >= 0.6 is 11.6 Å². The second kappa shape index (κ2) is 3.30. The molecule has 0 nitrogen and oxygen atoms in total. The first-order valence-corrected chi connectivity index (χ1v) is 4.66. The molecular weight excluding hydrogens is 187 g/mol. The van der Waals surface area contributed by atoms with E-state index in [0.717, 1.165) is 5.56 Å². The zero-order valence-corrected chi connectivity index (χ0v) is 9.17. The molecule has 0 saturated heterocycles. The molecule has 0 aliphatic carbocycles. The molecule has 2 heteroatoms. The molecule has 1 rings (SSSR count). The Kier molecular flexibility index (Phi) is 2.67. The van der Waals surface area contributed by atoms with Crippen molar-refractivity contribution in [2.75, 3.05) is 0 Å². The number of halogens is 2. The summed E-state index contributed by atoms with van der Waals surface area (Å²) >= 11 is 5.93. The SMILES string of the molecule is Cc1cc(F)c(C(C)(C)C)cc1Cl. The third-order valence-electron chi connectivity index (χ3n) is 2.06. The van der Waals surface area contributed by atoms with E-state index in [1.54, 1.807) is 13.0 Å². The fourth-order valence-electron chi connectivity index (χ4n) is 1.22. The number of benzene rings is 1. The first kappa shape index (κ1) is 10.5. The van der Waals surface area contributed by atoms with Gasteiger partial charge in [0.25, 0.3) is 0 Å². The Balaban J connectivity index is 3.32. The normalized spacial score (nSPS) is 11.8. The third kappa shape index (κ3) is 2.22. The topological polar surface area (TPSA) is 0 Å². The predicted molar refractivity (Wildman–Crippen MR) is 54.8 cm³/mol. The van der Waals surface area contributed by atoms with E-state index in [4.69, 9.17) is 11.6 Å². The van der Waals surface area contributed by atoms with Crippen LogP contribution in [0.5, 0.6) is 0 Å². The number of aryl methyl sites for hydroxylation is 1. The summed E-state index contributed by atoms with van der Waals surface area (Å²) in [6, 6.07) is 3.20. The summed E-state index contributed by atoms with van der Waals surface area (Å²) < 4.78 is 13.5. The Morgan fingerprint density at radius 3 is 2.23 bits per heavy atom. The summed E-state index contributed by atoms with van der Waals surface area (Å²) in [7, 11) is 0. The number of rotatable bonds is 0. The number of hydrogen-bond acceptors (Lipinski definition) is 0. The van der Waals surface area contributed by atoms with Crippen LogP contribution in [0.4, 0.5) is 4.39 Å². The second-order valence-corrected chi connectivity index (χ2v) is 4.74. The van der Waals surface area contributed by atoms with E-state index < -0.39 is 0 Å². The van der Waals surface area contributed by atoms with Crippen molar-refractivity contribution in [3.05, 3.63) is 34.1 Å². The zero-order chi connectivity index (χ0) is 10.2. The van der Waals surface area contributed by atoms with Gasteiger partial charge in [-0.3, -0.25) is 0 Å². The standard InChI is InChI=1S/C11H14ClF/c1-7-5-10(13)8(6-9(7)12)11(2,3)4/h5-6H,1-4H3. The van der Waals surface area contributed by atoms with Gasteiger partial charge in [0, 0.05) is 5.02 Å². The van der Waals surface area contributed by atoms with Crippen molar-refractivity contribution in [2.45, 2.75) is 33.1 Å². The van der Waals surface area contributed by atoms with Gasteiger partial charge in [0.2, 0.25) is 0 Å². The molecule has 0 unspecified atom stereocenters. The minimum absolute atomic E-state index is 0.172. The van der Waals surface area contributed by atoms with Crippen LogP contribution in [0.3, 0.4) is 0 Å². The molecule has 0 bridgehead atoms. The van der Waals surface area contributed by atoms with Crippen molar-refractivity contribution in [1.82, 2.24) is 0 Å². The fourth-order valence-corrected chi connectivity index (χ4v) is 1.38. The third-order valence-corrected chi connectivity index (χ3v) is 2.46. The maximum atomic E-state index is 13.5. The Morgan fingerprint density at radius 2 is 1.77 bits per heavy atom. The van der Waals surface area contributed by atoms with Crippen molar-refractivity contribution in [2.24, 2.45) is 0 Å². The molecular formula is C11H14ClF. The average Bonchev–Trinajstić information content (AvgIpc) is 1.94. The van der Waals surface area contributed by atoms with Crippen molar-refractivity contribution in [1.29, 1.82) is 0 Å². The molecule has 1 aromatic carbocycles. The van der Waals surface area contributed by atoms with Crippen molar-refractivity contribution < 1.29 is 4.39 Å². The number of hydrogen-bond donors (Lipinski definition) is 0. The van der Waals surface area contributed by atoms with E-state index in [0.29, 0.717) is 10.6 Å². The van der Waals surface area contributed by atoms with Crippen LogP contribution in [-0.2, 0) is 5.41 Å². The highest BCUT2D eigenvalue weighted by Gasteiger charge is 2.19. The van der Waals surface area contributed by atoms with Crippen molar-refractivity contribution in [3.63, 3.8) is 0 Å². The molecule has 0 aliphatic rings. The summed E-state index contributed by atoms with van der Waals surface area (Å²) in [5, 5.41) is 0.631. The second-order valence-electron chi connectivity index (χ2n) is 4.33. The highest BCUT2D eigenvalue weighted by molar-refractivity contribution is 6.31. The van der Waals surface area contributed by atoms with Gasteiger partial charge < -0.3 is 0 Å². The molecule has 0 amide bonds. The lowest BCUT2D eigenvalue weighted by atomic mass is 9.86. The molecule has 0 radical (unpaired) electrons. The minimum atomic E-state index is -0.193. The first-order valence-electron chi connectivity index (χ1n) is 4.28. The van der Waals surface area contributed by atoms with E-state index in [9.17, 15) is 4.39 Å². The molecule has 13 heavy (non-hydrogen) atoms. The molecule has 0 saturated carbocycles. The average molecular weight is 201 g/mol. The maximum absolute atomic E-state index is 13.5. The Hall–Kier alpha value is -0.560. The molecule has 0 atom stereocenters. The summed E-state index contributed by atoms with van der Waals surface area (Å²) in [5.41, 5.74) is 1.26. The van der Waals surface area contributed by atoms with E-state index >= 15 is 0 Å². The van der Waals surface area contributed by atoms with Crippen molar-refractivity contribution in [3.8, 4) is 0 Å². The van der Waals surface area contributed by atoms with E-state index in [-0.39, 0.29) is 11.2 Å². The molecule has 0 aromatic heterocycles. The maximum Gasteiger partial charge on any atom is 0.127 e. The molecule has 0 spiro atoms. The predicted octanol–water partition coefficient (Wildman–Crippen LogP) is 4.09. The lowest BCUT2D eigenvalue weighted by molar-refractivity contribution is 0.522. The van der Waals surface area contributed by atoms with Gasteiger partial charge in [0.05, 0.1) is 0 Å². The van der Waals surface area contributed by atoms with Crippen LogP contribution in [0, 0.1) is 12.7 Å². The van der Waals surface area contributed by atoms with Crippen molar-refractivity contribution >= 4 is 11.6 Å². The molecule has 0 fully saturated rings. The first-order chi connectivity index (χ1) is 5.82. The minimum Gasteiger partial charge on any atom is -0.207 e. The van der Waals surface area contributed by atoms with Gasteiger partial charge in [-0.2, -0.15) is 0 Å². The van der Waals surface area contributed by atoms with Gasteiger partial charge >= 0.3 is 0 Å². The summed E-state index contributed by atoms with van der Waals surface area (Å²) in [5.74, 6) is -0.172. The van der Waals surface area contributed by atoms with Gasteiger partial charge in [0.15, 0.2) is 0 Å². The van der Waals surface area contributed by atoms with Crippen LogP contribution < -0.4 is 0 Å².